The molecule has 0 spiro atoms. The number of guanidine groups is 1. The average molecular weight is 401 g/mol. The maximum atomic E-state index is 12.7. The van der Waals surface area contributed by atoms with Crippen LogP contribution in [0.2, 0.25) is 0 Å². The smallest absolute Gasteiger partial charge is 0.381 e. The summed E-state index contributed by atoms with van der Waals surface area (Å²) in [7, 11) is 1.87. The maximum absolute atomic E-state index is 12.7. The van der Waals surface area contributed by atoms with Crippen LogP contribution in [0.4, 0.5) is 13.2 Å². The second kappa shape index (κ2) is 11.3. The molecule has 0 aliphatic carbocycles. The van der Waals surface area contributed by atoms with Gasteiger partial charge < -0.3 is 19.7 Å². The molecule has 1 saturated heterocycles. The van der Waals surface area contributed by atoms with E-state index in [1.807, 2.05) is 18.9 Å². The van der Waals surface area contributed by atoms with E-state index in [1.54, 1.807) is 0 Å². The van der Waals surface area contributed by atoms with Gasteiger partial charge in [-0.1, -0.05) is 12.1 Å². The number of halogens is 3. The summed E-state index contributed by atoms with van der Waals surface area (Å²) in [6.07, 6.45) is -2.43. The molecule has 5 nitrogen and oxygen atoms in total. The van der Waals surface area contributed by atoms with Crippen molar-refractivity contribution in [3.63, 3.8) is 0 Å². The molecule has 2 rings (SSSR count). The number of aliphatic imine (C=N–C) groups is 1. The summed E-state index contributed by atoms with van der Waals surface area (Å²) in [5.41, 5.74) is 0.159. The first-order chi connectivity index (χ1) is 13.4. The summed E-state index contributed by atoms with van der Waals surface area (Å²) in [5.74, 6) is 1.24. The van der Waals surface area contributed by atoms with Crippen LogP contribution in [0.5, 0.6) is 0 Å². The summed E-state index contributed by atoms with van der Waals surface area (Å²) in [6.45, 7) is 6.80. The van der Waals surface area contributed by atoms with Gasteiger partial charge in [0, 0.05) is 45.8 Å². The highest BCUT2D eigenvalue weighted by Crippen LogP contribution is 2.29. The van der Waals surface area contributed by atoms with Gasteiger partial charge in [-0.25, -0.2) is 0 Å². The van der Waals surface area contributed by atoms with E-state index in [0.29, 0.717) is 32.2 Å². The standard InChI is InChI=1S/C20H30F3N3O2/c1-3-24-19(25-10-4-11-27-14-17-9-12-28-15-17)26(2)13-16-5-7-18(8-6-16)20(21,22)23/h5-8,17H,3-4,9-15H2,1-2H3,(H,24,25). The van der Waals surface area contributed by atoms with Crippen molar-refractivity contribution in [2.24, 2.45) is 10.9 Å². The fraction of sp³-hybridized carbons (Fsp3) is 0.650. The second-order valence-electron chi connectivity index (χ2n) is 6.94. The van der Waals surface area contributed by atoms with E-state index in [2.05, 4.69) is 10.3 Å². The minimum absolute atomic E-state index is 0.474. The third kappa shape index (κ3) is 7.67. The van der Waals surface area contributed by atoms with Gasteiger partial charge >= 0.3 is 6.18 Å². The highest BCUT2D eigenvalue weighted by atomic mass is 19.4. The monoisotopic (exact) mass is 401 g/mol. The molecule has 0 bridgehead atoms. The van der Waals surface area contributed by atoms with Crippen LogP contribution in [-0.4, -0.2) is 57.4 Å². The van der Waals surface area contributed by atoms with E-state index < -0.39 is 11.7 Å². The zero-order chi connectivity index (χ0) is 20.4. The summed E-state index contributed by atoms with van der Waals surface area (Å²) in [6, 6.07) is 5.23. The topological polar surface area (TPSA) is 46.1 Å². The molecule has 1 aromatic carbocycles. The molecule has 158 valence electrons. The van der Waals surface area contributed by atoms with Gasteiger partial charge in [-0.05, 0) is 37.5 Å². The lowest BCUT2D eigenvalue weighted by Crippen LogP contribution is -2.38. The van der Waals surface area contributed by atoms with Crippen LogP contribution in [0.1, 0.15) is 30.9 Å². The molecule has 0 radical (unpaired) electrons. The van der Waals surface area contributed by atoms with Gasteiger partial charge in [0.15, 0.2) is 5.96 Å². The Labute approximate surface area is 164 Å². The van der Waals surface area contributed by atoms with Gasteiger partial charge in [-0.3, -0.25) is 4.99 Å². The Hall–Kier alpha value is -1.80. The normalized spacial score (nSPS) is 17.8. The molecule has 1 fully saturated rings. The lowest BCUT2D eigenvalue weighted by atomic mass is 10.1. The minimum Gasteiger partial charge on any atom is -0.381 e. The van der Waals surface area contributed by atoms with Crippen LogP contribution in [-0.2, 0) is 22.2 Å². The third-order valence-electron chi connectivity index (χ3n) is 4.48. The summed E-state index contributed by atoms with van der Waals surface area (Å²) in [5, 5.41) is 3.21. The van der Waals surface area contributed by atoms with E-state index in [9.17, 15) is 13.2 Å². The van der Waals surface area contributed by atoms with E-state index in [1.165, 1.54) is 12.1 Å². The SMILES string of the molecule is CCNC(=NCCCOCC1CCOC1)N(C)Cc1ccc(C(F)(F)F)cc1. The Morgan fingerprint density at radius 1 is 1.32 bits per heavy atom. The van der Waals surface area contributed by atoms with Crippen molar-refractivity contribution in [3.05, 3.63) is 35.4 Å². The molecule has 1 aliphatic rings. The highest BCUT2D eigenvalue weighted by Gasteiger charge is 2.29. The molecule has 1 aliphatic heterocycles. The second-order valence-corrected chi connectivity index (χ2v) is 6.94. The Morgan fingerprint density at radius 2 is 2.07 bits per heavy atom. The zero-order valence-electron chi connectivity index (χ0n) is 16.6. The summed E-state index contributed by atoms with van der Waals surface area (Å²) in [4.78, 5) is 6.49. The first kappa shape index (κ1) is 22.5. The maximum Gasteiger partial charge on any atom is 0.416 e. The van der Waals surface area contributed by atoms with Crippen LogP contribution >= 0.6 is 0 Å². The Balaban J connectivity index is 1.77. The van der Waals surface area contributed by atoms with Crippen molar-refractivity contribution in [1.29, 1.82) is 0 Å². The molecule has 8 heteroatoms. The Kier molecular flexibility index (Phi) is 9.05. The number of hydrogen-bond acceptors (Lipinski definition) is 3. The van der Waals surface area contributed by atoms with E-state index in [-0.39, 0.29) is 0 Å². The van der Waals surface area contributed by atoms with Crippen molar-refractivity contribution < 1.29 is 22.6 Å². The molecule has 0 aromatic heterocycles. The Bertz CT molecular complexity index is 600. The lowest BCUT2D eigenvalue weighted by molar-refractivity contribution is -0.137. The fourth-order valence-corrected chi connectivity index (χ4v) is 2.93. The minimum atomic E-state index is -4.31. The first-order valence-corrected chi connectivity index (χ1v) is 9.71. The average Bonchev–Trinajstić information content (AvgIpc) is 3.16. The van der Waals surface area contributed by atoms with Crippen LogP contribution in [0, 0.1) is 5.92 Å². The van der Waals surface area contributed by atoms with Gasteiger partial charge in [0.05, 0.1) is 18.8 Å². The molecule has 0 saturated carbocycles. The zero-order valence-corrected chi connectivity index (χ0v) is 16.6. The number of ether oxygens (including phenoxy) is 2. The predicted molar refractivity (Wildman–Crippen MR) is 103 cm³/mol. The van der Waals surface area contributed by atoms with Gasteiger partial charge in [0.1, 0.15) is 0 Å². The molecule has 28 heavy (non-hydrogen) atoms. The predicted octanol–water partition coefficient (Wildman–Crippen LogP) is 3.55. The lowest BCUT2D eigenvalue weighted by Gasteiger charge is -2.22. The quantitative estimate of drug-likeness (QED) is 0.391. The molecular formula is C20H30F3N3O2. The van der Waals surface area contributed by atoms with Gasteiger partial charge in [-0.2, -0.15) is 13.2 Å². The fourth-order valence-electron chi connectivity index (χ4n) is 2.93. The molecular weight excluding hydrogens is 371 g/mol. The number of benzene rings is 1. The highest BCUT2D eigenvalue weighted by molar-refractivity contribution is 5.79. The van der Waals surface area contributed by atoms with Crippen molar-refractivity contribution >= 4 is 5.96 Å². The van der Waals surface area contributed by atoms with Crippen molar-refractivity contribution in [2.75, 3.05) is 46.6 Å². The Morgan fingerprint density at radius 3 is 2.68 bits per heavy atom. The first-order valence-electron chi connectivity index (χ1n) is 9.71. The molecule has 1 unspecified atom stereocenters. The summed E-state index contributed by atoms with van der Waals surface area (Å²) >= 11 is 0. The van der Waals surface area contributed by atoms with Crippen LogP contribution in [0.15, 0.2) is 29.3 Å². The molecule has 1 atom stereocenters. The molecule has 1 heterocycles. The van der Waals surface area contributed by atoms with Gasteiger partial charge in [0.25, 0.3) is 0 Å². The number of rotatable bonds is 9. The third-order valence-corrected chi connectivity index (χ3v) is 4.48. The number of nitrogens with zero attached hydrogens (tertiary/aromatic N) is 2. The van der Waals surface area contributed by atoms with E-state index in [0.717, 1.165) is 56.3 Å². The van der Waals surface area contributed by atoms with Crippen molar-refractivity contribution in [3.8, 4) is 0 Å². The van der Waals surface area contributed by atoms with E-state index >= 15 is 0 Å². The molecule has 0 amide bonds. The number of hydrogen-bond donors (Lipinski definition) is 1. The molecule has 1 aromatic rings. The molecule has 1 N–H and O–H groups in total. The largest absolute Gasteiger partial charge is 0.416 e. The van der Waals surface area contributed by atoms with Crippen molar-refractivity contribution in [1.82, 2.24) is 10.2 Å². The van der Waals surface area contributed by atoms with Gasteiger partial charge in [-0.15, -0.1) is 0 Å². The number of nitrogens with one attached hydrogen (secondary N) is 1. The van der Waals surface area contributed by atoms with Crippen LogP contribution in [0.25, 0.3) is 0 Å². The van der Waals surface area contributed by atoms with E-state index in [4.69, 9.17) is 9.47 Å². The van der Waals surface area contributed by atoms with Gasteiger partial charge in [0.2, 0.25) is 0 Å². The van der Waals surface area contributed by atoms with Crippen molar-refractivity contribution in [2.45, 2.75) is 32.5 Å². The summed E-state index contributed by atoms with van der Waals surface area (Å²) < 4.78 is 49.0. The number of alkyl halides is 3. The van der Waals surface area contributed by atoms with Crippen LogP contribution in [0.3, 0.4) is 0 Å². The van der Waals surface area contributed by atoms with Crippen LogP contribution < -0.4 is 5.32 Å².